The number of nitrogen functional groups attached to an aromatic ring is 1. The smallest absolute Gasteiger partial charge is 0.383 e. The van der Waals surface area contributed by atoms with Crippen LogP contribution < -0.4 is 11.1 Å². The van der Waals surface area contributed by atoms with Crippen LogP contribution in [0.4, 0.5) is 24.8 Å². The number of pyridine rings is 1. The molecule has 0 aliphatic heterocycles. The molecule has 2 unspecified atom stereocenters. The number of aromatic nitrogens is 4. The summed E-state index contributed by atoms with van der Waals surface area (Å²) in [7, 11) is 1.86. The number of nitrogens with one attached hydrogen (secondary N) is 1. The van der Waals surface area contributed by atoms with Gasteiger partial charge in [0, 0.05) is 24.7 Å². The summed E-state index contributed by atoms with van der Waals surface area (Å²) in [5.74, 6) is 0.940. The van der Waals surface area contributed by atoms with Gasteiger partial charge in [0.2, 0.25) is 0 Å². The highest BCUT2D eigenvalue weighted by molar-refractivity contribution is 5.87. The molecular formula is C24H25F3N6. The number of nitrogens with zero attached hydrogens (tertiary/aromatic N) is 4. The van der Waals surface area contributed by atoms with Gasteiger partial charge in [-0.15, -0.1) is 0 Å². The molecule has 5 rings (SSSR count). The van der Waals surface area contributed by atoms with Gasteiger partial charge in [-0.1, -0.05) is 12.1 Å². The molecule has 1 saturated carbocycles. The molecule has 0 radical (unpaired) electrons. The Morgan fingerprint density at radius 1 is 1.15 bits per heavy atom. The molecule has 3 heterocycles. The van der Waals surface area contributed by atoms with Crippen LogP contribution in [0.1, 0.15) is 42.9 Å². The molecule has 2 atom stereocenters. The summed E-state index contributed by atoms with van der Waals surface area (Å²) >= 11 is 0. The minimum absolute atomic E-state index is 0.408. The van der Waals surface area contributed by atoms with Crippen LogP contribution in [0.5, 0.6) is 0 Å². The molecule has 0 bridgehead atoms. The Hall–Kier alpha value is -3.36. The highest BCUT2D eigenvalue weighted by Crippen LogP contribution is 2.39. The van der Waals surface area contributed by atoms with Crippen molar-refractivity contribution in [2.24, 2.45) is 5.92 Å². The number of anilines is 2. The van der Waals surface area contributed by atoms with Crippen molar-refractivity contribution in [3.05, 3.63) is 54.0 Å². The number of hydrogen-bond donors (Lipinski definition) is 2. The first kappa shape index (κ1) is 21.5. The SMILES string of the molecule is CNc1ncnc2c1ccn2C1CCC(CCc2ccc3cc(C(F)(F)F)c(N)nc3c2)C1. The fraction of sp³-hybridized carbons (Fsp3) is 0.375. The standard InChI is InChI=1S/C24H25F3N6/c1-29-22-18-8-9-33(23(18)31-13-30-22)17-7-5-14(10-17)2-3-15-4-6-16-12-19(24(25,26)27)21(28)32-20(16)11-15/h4,6,8-9,11-14,17H,2-3,5,7,10H2,1H3,(H2,28,32)(H,29,30,31). The van der Waals surface area contributed by atoms with Gasteiger partial charge in [-0.05, 0) is 61.8 Å². The average Bonchev–Trinajstić information content (AvgIpc) is 3.43. The maximum absolute atomic E-state index is 13.1. The number of hydrogen-bond acceptors (Lipinski definition) is 5. The van der Waals surface area contributed by atoms with E-state index in [1.165, 1.54) is 0 Å². The van der Waals surface area contributed by atoms with Gasteiger partial charge in [-0.3, -0.25) is 0 Å². The molecule has 4 aromatic rings. The van der Waals surface area contributed by atoms with Crippen molar-refractivity contribution < 1.29 is 13.2 Å². The number of fused-ring (bicyclic) bond motifs is 2. The van der Waals surface area contributed by atoms with E-state index in [1.807, 2.05) is 19.2 Å². The monoisotopic (exact) mass is 454 g/mol. The molecule has 33 heavy (non-hydrogen) atoms. The Morgan fingerprint density at radius 3 is 2.79 bits per heavy atom. The fourth-order valence-electron chi connectivity index (χ4n) is 5.01. The molecule has 1 aliphatic carbocycles. The first-order valence-electron chi connectivity index (χ1n) is 11.1. The molecule has 172 valence electrons. The van der Waals surface area contributed by atoms with E-state index >= 15 is 0 Å². The largest absolute Gasteiger partial charge is 0.419 e. The van der Waals surface area contributed by atoms with Gasteiger partial charge in [-0.2, -0.15) is 13.2 Å². The summed E-state index contributed by atoms with van der Waals surface area (Å²) in [6.45, 7) is 0. The van der Waals surface area contributed by atoms with E-state index in [4.69, 9.17) is 5.73 Å². The topological polar surface area (TPSA) is 81.7 Å². The number of halogens is 3. The Bertz CT molecular complexity index is 1310. The Labute approximate surface area is 189 Å². The second-order valence-electron chi connectivity index (χ2n) is 8.75. The van der Waals surface area contributed by atoms with Crippen LogP contribution >= 0.6 is 0 Å². The lowest BCUT2D eigenvalue weighted by molar-refractivity contribution is -0.137. The third-order valence-corrected chi connectivity index (χ3v) is 6.71. The van der Waals surface area contributed by atoms with E-state index < -0.39 is 17.6 Å². The Balaban J connectivity index is 1.27. The third-order valence-electron chi connectivity index (χ3n) is 6.71. The highest BCUT2D eigenvalue weighted by atomic mass is 19.4. The molecule has 1 aliphatic rings. The van der Waals surface area contributed by atoms with Crippen LogP contribution in [0, 0.1) is 5.92 Å². The zero-order valence-corrected chi connectivity index (χ0v) is 18.2. The first-order valence-corrected chi connectivity index (χ1v) is 11.1. The summed E-state index contributed by atoms with van der Waals surface area (Å²) in [5, 5.41) is 4.59. The quantitative estimate of drug-likeness (QED) is 0.410. The third kappa shape index (κ3) is 4.07. The molecule has 3 aromatic heterocycles. The van der Waals surface area contributed by atoms with Crippen molar-refractivity contribution in [2.45, 2.75) is 44.3 Å². The van der Waals surface area contributed by atoms with Gasteiger partial charge in [0.25, 0.3) is 0 Å². The maximum Gasteiger partial charge on any atom is 0.419 e. The molecular weight excluding hydrogens is 429 g/mol. The molecule has 0 spiro atoms. The Morgan fingerprint density at radius 2 is 2.00 bits per heavy atom. The highest BCUT2D eigenvalue weighted by Gasteiger charge is 2.34. The molecule has 1 aromatic carbocycles. The van der Waals surface area contributed by atoms with E-state index in [0.29, 0.717) is 22.9 Å². The number of nitrogens with two attached hydrogens (primary N) is 1. The molecule has 6 nitrogen and oxygen atoms in total. The van der Waals surface area contributed by atoms with Crippen molar-refractivity contribution in [2.75, 3.05) is 18.1 Å². The number of benzene rings is 1. The summed E-state index contributed by atoms with van der Waals surface area (Å²) in [4.78, 5) is 12.8. The van der Waals surface area contributed by atoms with Gasteiger partial charge >= 0.3 is 6.18 Å². The van der Waals surface area contributed by atoms with Gasteiger partial charge in [-0.25, -0.2) is 15.0 Å². The predicted octanol–water partition coefficient (Wildman–Crippen LogP) is 5.60. The number of alkyl halides is 3. The van der Waals surface area contributed by atoms with Crippen molar-refractivity contribution in [3.8, 4) is 0 Å². The van der Waals surface area contributed by atoms with E-state index in [1.54, 1.807) is 12.4 Å². The first-order chi connectivity index (χ1) is 15.8. The molecule has 0 amide bonds. The number of rotatable bonds is 5. The van der Waals surface area contributed by atoms with Crippen molar-refractivity contribution in [1.29, 1.82) is 0 Å². The van der Waals surface area contributed by atoms with Crippen LogP contribution in [0.15, 0.2) is 42.9 Å². The zero-order valence-electron chi connectivity index (χ0n) is 18.2. The summed E-state index contributed by atoms with van der Waals surface area (Å²) in [6.07, 6.45) is 4.38. The fourth-order valence-corrected chi connectivity index (χ4v) is 5.01. The van der Waals surface area contributed by atoms with Crippen LogP contribution in [0.3, 0.4) is 0 Å². The van der Waals surface area contributed by atoms with Crippen molar-refractivity contribution in [1.82, 2.24) is 19.5 Å². The van der Waals surface area contributed by atoms with E-state index in [0.717, 1.165) is 60.6 Å². The minimum Gasteiger partial charge on any atom is -0.383 e. The summed E-state index contributed by atoms with van der Waals surface area (Å²) in [6, 6.07) is 9.00. The van der Waals surface area contributed by atoms with Crippen molar-refractivity contribution >= 4 is 33.6 Å². The van der Waals surface area contributed by atoms with Gasteiger partial charge in [0.15, 0.2) is 0 Å². The van der Waals surface area contributed by atoms with Gasteiger partial charge in [0.05, 0.1) is 16.5 Å². The van der Waals surface area contributed by atoms with Crippen LogP contribution in [0.2, 0.25) is 0 Å². The van der Waals surface area contributed by atoms with Crippen LogP contribution in [0.25, 0.3) is 21.9 Å². The lowest BCUT2D eigenvalue weighted by Crippen LogP contribution is -2.10. The van der Waals surface area contributed by atoms with Gasteiger partial charge in [0.1, 0.15) is 23.6 Å². The van der Waals surface area contributed by atoms with Crippen LogP contribution in [-0.4, -0.2) is 26.6 Å². The number of aryl methyl sites for hydroxylation is 1. The Kier molecular flexibility index (Phi) is 5.34. The van der Waals surface area contributed by atoms with E-state index in [9.17, 15) is 13.2 Å². The van der Waals surface area contributed by atoms with E-state index in [-0.39, 0.29) is 0 Å². The van der Waals surface area contributed by atoms with Crippen molar-refractivity contribution in [3.63, 3.8) is 0 Å². The van der Waals surface area contributed by atoms with E-state index in [2.05, 4.69) is 37.1 Å². The normalized spacial score (nSPS) is 18.9. The van der Waals surface area contributed by atoms with Crippen LogP contribution in [-0.2, 0) is 12.6 Å². The average molecular weight is 455 g/mol. The van der Waals surface area contributed by atoms with Gasteiger partial charge < -0.3 is 15.6 Å². The maximum atomic E-state index is 13.1. The molecule has 0 saturated heterocycles. The zero-order chi connectivity index (χ0) is 23.2. The molecule has 1 fully saturated rings. The minimum atomic E-state index is -4.51. The predicted molar refractivity (Wildman–Crippen MR) is 123 cm³/mol. The molecule has 3 N–H and O–H groups in total. The molecule has 9 heteroatoms. The lowest BCUT2D eigenvalue weighted by Gasteiger charge is -2.15. The summed E-state index contributed by atoms with van der Waals surface area (Å²) in [5.41, 5.74) is 7.21. The summed E-state index contributed by atoms with van der Waals surface area (Å²) < 4.78 is 41.5. The second kappa shape index (κ2) is 8.20. The lowest BCUT2D eigenvalue weighted by atomic mass is 9.97. The second-order valence-corrected chi connectivity index (χ2v) is 8.75.